The lowest BCUT2D eigenvalue weighted by atomic mass is 10.1. The van der Waals surface area contributed by atoms with Crippen molar-refractivity contribution in [2.75, 3.05) is 44.6 Å². The number of methoxy groups -OCH3 is 3. The molecular formula is C23H30N2O4. The normalized spacial score (nSPS) is 14.1. The summed E-state index contributed by atoms with van der Waals surface area (Å²) in [6, 6.07) is 11.6. The van der Waals surface area contributed by atoms with Gasteiger partial charge in [-0.15, -0.1) is 0 Å². The molecule has 1 saturated heterocycles. The van der Waals surface area contributed by atoms with Crippen LogP contribution in [0.5, 0.6) is 17.2 Å². The number of amides is 1. The lowest BCUT2D eigenvalue weighted by Gasteiger charge is -2.25. The van der Waals surface area contributed by atoms with Crippen molar-refractivity contribution in [2.45, 2.75) is 32.1 Å². The highest BCUT2D eigenvalue weighted by Gasteiger charge is 2.19. The summed E-state index contributed by atoms with van der Waals surface area (Å²) >= 11 is 0. The molecule has 0 unspecified atom stereocenters. The zero-order valence-corrected chi connectivity index (χ0v) is 17.5. The van der Waals surface area contributed by atoms with Crippen molar-refractivity contribution in [3.05, 3.63) is 42.0 Å². The first kappa shape index (κ1) is 20.8. The molecule has 0 saturated carbocycles. The van der Waals surface area contributed by atoms with E-state index in [0.717, 1.165) is 30.0 Å². The Kier molecular flexibility index (Phi) is 7.22. The van der Waals surface area contributed by atoms with Crippen LogP contribution in [-0.2, 0) is 11.2 Å². The van der Waals surface area contributed by atoms with Crippen molar-refractivity contribution < 1.29 is 19.0 Å². The van der Waals surface area contributed by atoms with Crippen LogP contribution >= 0.6 is 0 Å². The number of carbonyl (C=O) groups is 1. The monoisotopic (exact) mass is 398 g/mol. The van der Waals surface area contributed by atoms with Gasteiger partial charge in [0.05, 0.1) is 39.1 Å². The summed E-state index contributed by atoms with van der Waals surface area (Å²) in [6.07, 6.45) is 5.09. The Bertz CT molecular complexity index is 830. The van der Waals surface area contributed by atoms with Gasteiger partial charge < -0.3 is 24.4 Å². The molecule has 2 aromatic carbocycles. The minimum absolute atomic E-state index is 0.0993. The number of carbonyl (C=O) groups excluding carboxylic acids is 1. The van der Waals surface area contributed by atoms with E-state index in [2.05, 4.69) is 16.3 Å². The first-order chi connectivity index (χ1) is 14.2. The van der Waals surface area contributed by atoms with E-state index in [0.29, 0.717) is 17.2 Å². The molecule has 0 atom stereocenters. The predicted octanol–water partition coefficient (Wildman–Crippen LogP) is 4.27. The molecule has 6 nitrogen and oxygen atoms in total. The van der Waals surface area contributed by atoms with E-state index in [-0.39, 0.29) is 12.3 Å². The molecule has 2 aromatic rings. The molecule has 29 heavy (non-hydrogen) atoms. The Labute approximate surface area is 172 Å². The summed E-state index contributed by atoms with van der Waals surface area (Å²) in [6.45, 7) is 2.05. The number of nitrogens with zero attached hydrogens (tertiary/aromatic N) is 1. The Hall–Kier alpha value is -2.89. The summed E-state index contributed by atoms with van der Waals surface area (Å²) in [5, 5.41) is 3.09. The topological polar surface area (TPSA) is 60.0 Å². The van der Waals surface area contributed by atoms with Gasteiger partial charge in [-0.1, -0.05) is 31.0 Å². The first-order valence-corrected chi connectivity index (χ1v) is 10.1. The molecule has 1 aliphatic heterocycles. The van der Waals surface area contributed by atoms with Gasteiger partial charge in [0.15, 0.2) is 11.5 Å². The number of hydrogen-bond donors (Lipinski definition) is 1. The van der Waals surface area contributed by atoms with Crippen LogP contribution in [0.1, 0.15) is 31.2 Å². The van der Waals surface area contributed by atoms with Crippen LogP contribution in [0.3, 0.4) is 0 Å². The molecule has 1 N–H and O–H groups in total. The second kappa shape index (κ2) is 10.0. The third-order valence-electron chi connectivity index (χ3n) is 5.26. The zero-order valence-electron chi connectivity index (χ0n) is 17.5. The predicted molar refractivity (Wildman–Crippen MR) is 116 cm³/mol. The number of anilines is 2. The van der Waals surface area contributed by atoms with Gasteiger partial charge in [-0.3, -0.25) is 4.79 Å². The number of ether oxygens (including phenoxy) is 3. The molecule has 1 fully saturated rings. The van der Waals surface area contributed by atoms with Gasteiger partial charge in [0.1, 0.15) is 0 Å². The molecule has 0 aromatic heterocycles. The molecule has 1 heterocycles. The van der Waals surface area contributed by atoms with E-state index in [9.17, 15) is 4.79 Å². The van der Waals surface area contributed by atoms with Gasteiger partial charge in [-0.2, -0.15) is 0 Å². The number of hydrogen-bond acceptors (Lipinski definition) is 5. The van der Waals surface area contributed by atoms with Crippen LogP contribution in [0.25, 0.3) is 0 Å². The fourth-order valence-corrected chi connectivity index (χ4v) is 3.84. The fourth-order valence-electron chi connectivity index (χ4n) is 3.84. The third kappa shape index (κ3) is 4.94. The van der Waals surface area contributed by atoms with Gasteiger partial charge in [-0.05, 0) is 31.0 Å². The van der Waals surface area contributed by atoms with E-state index in [1.54, 1.807) is 27.4 Å². The maximum atomic E-state index is 12.8. The van der Waals surface area contributed by atoms with Crippen LogP contribution < -0.4 is 24.4 Å². The van der Waals surface area contributed by atoms with E-state index >= 15 is 0 Å². The second-order valence-electron chi connectivity index (χ2n) is 7.14. The fraction of sp³-hybridized carbons (Fsp3) is 0.435. The van der Waals surface area contributed by atoms with Gasteiger partial charge in [0.2, 0.25) is 11.7 Å². The molecular weight excluding hydrogens is 368 g/mol. The largest absolute Gasteiger partial charge is 0.493 e. The van der Waals surface area contributed by atoms with Gasteiger partial charge in [0, 0.05) is 18.7 Å². The van der Waals surface area contributed by atoms with Gasteiger partial charge in [-0.25, -0.2) is 0 Å². The van der Waals surface area contributed by atoms with Crippen molar-refractivity contribution in [1.29, 1.82) is 0 Å². The smallest absolute Gasteiger partial charge is 0.228 e. The Morgan fingerprint density at radius 2 is 1.59 bits per heavy atom. The molecule has 3 rings (SSSR count). The summed E-state index contributed by atoms with van der Waals surface area (Å²) < 4.78 is 16.2. The summed E-state index contributed by atoms with van der Waals surface area (Å²) in [5.41, 5.74) is 2.68. The average molecular weight is 399 g/mol. The lowest BCUT2D eigenvalue weighted by Crippen LogP contribution is -2.26. The highest BCUT2D eigenvalue weighted by Crippen LogP contribution is 2.40. The molecule has 1 amide bonds. The molecule has 0 bridgehead atoms. The maximum absolute atomic E-state index is 12.8. The minimum Gasteiger partial charge on any atom is -0.493 e. The molecule has 6 heteroatoms. The summed E-state index contributed by atoms with van der Waals surface area (Å²) in [5.74, 6) is 1.48. The van der Waals surface area contributed by atoms with Gasteiger partial charge in [0.25, 0.3) is 0 Å². The Morgan fingerprint density at radius 3 is 2.24 bits per heavy atom. The number of nitrogens with one attached hydrogen (secondary N) is 1. The average Bonchev–Trinajstić information content (AvgIpc) is 3.03. The molecule has 0 radical (unpaired) electrons. The maximum Gasteiger partial charge on any atom is 0.228 e. The van der Waals surface area contributed by atoms with Crippen molar-refractivity contribution in [3.8, 4) is 17.2 Å². The number of rotatable bonds is 7. The van der Waals surface area contributed by atoms with Crippen molar-refractivity contribution in [1.82, 2.24) is 0 Å². The van der Waals surface area contributed by atoms with Gasteiger partial charge >= 0.3 is 0 Å². The van der Waals surface area contributed by atoms with Crippen LogP contribution in [0.15, 0.2) is 36.4 Å². The van der Waals surface area contributed by atoms with E-state index < -0.39 is 0 Å². The molecule has 1 aliphatic rings. The Balaban J connectivity index is 1.78. The van der Waals surface area contributed by atoms with Crippen LogP contribution in [0, 0.1) is 0 Å². The standard InChI is InChI=1S/C23H30N2O4/c1-27-20-13-12-17(22(28-2)23(20)29-3)16-21(26)24-18-10-6-7-11-19(18)25-14-8-4-5-9-15-25/h6-7,10-13H,4-5,8-9,14-16H2,1-3H3,(H,24,26). The quantitative estimate of drug-likeness (QED) is 0.755. The molecule has 156 valence electrons. The van der Waals surface area contributed by atoms with Crippen LogP contribution in [-0.4, -0.2) is 40.3 Å². The van der Waals surface area contributed by atoms with E-state index in [1.165, 1.54) is 25.7 Å². The highest BCUT2D eigenvalue weighted by molar-refractivity contribution is 5.96. The number of benzene rings is 2. The Morgan fingerprint density at radius 1 is 0.897 bits per heavy atom. The zero-order chi connectivity index (χ0) is 20.6. The van der Waals surface area contributed by atoms with E-state index in [4.69, 9.17) is 14.2 Å². The number of para-hydroxylation sites is 2. The molecule has 0 aliphatic carbocycles. The summed E-state index contributed by atoms with van der Waals surface area (Å²) in [4.78, 5) is 15.2. The van der Waals surface area contributed by atoms with Crippen molar-refractivity contribution >= 4 is 17.3 Å². The van der Waals surface area contributed by atoms with Crippen LogP contribution in [0.2, 0.25) is 0 Å². The summed E-state index contributed by atoms with van der Waals surface area (Å²) in [7, 11) is 4.69. The SMILES string of the molecule is COc1ccc(CC(=O)Nc2ccccc2N2CCCCCC2)c(OC)c1OC. The molecule has 0 spiro atoms. The van der Waals surface area contributed by atoms with E-state index in [1.807, 2.05) is 24.3 Å². The van der Waals surface area contributed by atoms with Crippen LogP contribution in [0.4, 0.5) is 11.4 Å². The highest BCUT2D eigenvalue weighted by atomic mass is 16.5. The second-order valence-corrected chi connectivity index (χ2v) is 7.14. The van der Waals surface area contributed by atoms with Crippen molar-refractivity contribution in [2.24, 2.45) is 0 Å². The first-order valence-electron chi connectivity index (χ1n) is 10.1. The lowest BCUT2D eigenvalue weighted by molar-refractivity contribution is -0.115. The minimum atomic E-state index is -0.0993. The third-order valence-corrected chi connectivity index (χ3v) is 5.26. The van der Waals surface area contributed by atoms with Crippen molar-refractivity contribution in [3.63, 3.8) is 0 Å².